The number of hydrogen-bond donors (Lipinski definition) is 1. The first-order chi connectivity index (χ1) is 16.5. The Morgan fingerprint density at radius 2 is 2.00 bits per heavy atom. The minimum atomic E-state index is -0.905. The zero-order valence-corrected chi connectivity index (χ0v) is 19.8. The number of halogens is 1. The van der Waals surface area contributed by atoms with Gasteiger partial charge in [-0.2, -0.15) is 15.1 Å². The number of nitrogens with zero attached hydrogens (tertiary/aromatic N) is 6. The first kappa shape index (κ1) is 22.9. The number of methoxy groups -OCH3 is 1. The normalized spacial score (nSPS) is 24.0. The first-order valence-corrected chi connectivity index (χ1v) is 11.7. The van der Waals surface area contributed by atoms with E-state index in [1.807, 2.05) is 29.8 Å². The molecule has 2 aromatic heterocycles. The predicted octanol–water partition coefficient (Wildman–Crippen LogP) is 2.09. The maximum absolute atomic E-state index is 15.0. The average molecular weight is 471 g/mol. The van der Waals surface area contributed by atoms with Crippen LogP contribution in [-0.4, -0.2) is 95.6 Å². The Morgan fingerprint density at radius 1 is 1.18 bits per heavy atom. The Kier molecular flexibility index (Phi) is 6.37. The predicted molar refractivity (Wildman–Crippen MR) is 127 cm³/mol. The zero-order chi connectivity index (χ0) is 23.8. The van der Waals surface area contributed by atoms with Crippen molar-refractivity contribution in [1.82, 2.24) is 24.6 Å². The molecule has 2 unspecified atom stereocenters. The number of rotatable bonds is 5. The number of ether oxygens (including phenoxy) is 2. The van der Waals surface area contributed by atoms with Gasteiger partial charge in [0.15, 0.2) is 5.82 Å². The van der Waals surface area contributed by atoms with Crippen molar-refractivity contribution >= 4 is 16.7 Å². The van der Waals surface area contributed by atoms with Crippen molar-refractivity contribution in [2.75, 3.05) is 58.5 Å². The van der Waals surface area contributed by atoms with Gasteiger partial charge in [0.1, 0.15) is 12.0 Å². The molecule has 4 heterocycles. The number of aliphatic hydroxyl groups excluding tert-OH is 1. The lowest BCUT2D eigenvalue weighted by atomic mass is 9.85. The molecule has 0 radical (unpaired) electrons. The molecular weight excluding hydrogens is 439 g/mol. The van der Waals surface area contributed by atoms with Gasteiger partial charge in [-0.25, -0.2) is 9.07 Å². The van der Waals surface area contributed by atoms with Crippen molar-refractivity contribution < 1.29 is 19.0 Å². The van der Waals surface area contributed by atoms with E-state index in [2.05, 4.69) is 27.2 Å². The van der Waals surface area contributed by atoms with Crippen molar-refractivity contribution in [1.29, 1.82) is 0 Å². The molecule has 1 N–H and O–H groups in total. The summed E-state index contributed by atoms with van der Waals surface area (Å²) < 4.78 is 27.7. The van der Waals surface area contributed by atoms with E-state index in [0.29, 0.717) is 37.9 Å². The highest BCUT2D eigenvalue weighted by Gasteiger charge is 2.30. The molecule has 0 bridgehead atoms. The van der Waals surface area contributed by atoms with Gasteiger partial charge >= 0.3 is 6.01 Å². The smallest absolute Gasteiger partial charge is 0.320 e. The number of aryl methyl sites for hydroxylation is 1. The number of aromatic nitrogens is 4. The number of benzene rings is 1. The summed E-state index contributed by atoms with van der Waals surface area (Å²) in [6, 6.07) is 6.23. The highest BCUT2D eigenvalue weighted by atomic mass is 19.1. The Balaban J connectivity index is 1.55. The highest BCUT2D eigenvalue weighted by molar-refractivity contribution is 5.82. The maximum atomic E-state index is 15.0. The number of anilines is 1. The van der Waals surface area contributed by atoms with Crippen LogP contribution in [0.3, 0.4) is 0 Å². The quantitative estimate of drug-likeness (QED) is 0.607. The Hall–Kier alpha value is -2.82. The van der Waals surface area contributed by atoms with E-state index in [0.717, 1.165) is 35.0 Å². The van der Waals surface area contributed by atoms with Gasteiger partial charge in [0.2, 0.25) is 0 Å². The molecule has 2 aliphatic rings. The second-order valence-electron chi connectivity index (χ2n) is 9.19. The number of alkyl halides is 1. The van der Waals surface area contributed by atoms with Crippen LogP contribution in [0, 0.1) is 6.92 Å². The molecule has 9 nitrogen and oxygen atoms in total. The fourth-order valence-electron chi connectivity index (χ4n) is 4.99. The van der Waals surface area contributed by atoms with E-state index in [1.165, 1.54) is 7.11 Å². The number of piperidine rings is 1. The van der Waals surface area contributed by atoms with Crippen LogP contribution in [0.2, 0.25) is 0 Å². The number of morpholine rings is 1. The summed E-state index contributed by atoms with van der Waals surface area (Å²) in [4.78, 5) is 13.2. The van der Waals surface area contributed by atoms with Gasteiger partial charge in [-0.3, -0.25) is 0 Å². The highest BCUT2D eigenvalue weighted by Crippen LogP contribution is 2.35. The van der Waals surface area contributed by atoms with Crippen LogP contribution < -0.4 is 9.64 Å². The molecule has 3 aromatic rings. The van der Waals surface area contributed by atoms with E-state index in [1.54, 1.807) is 10.9 Å². The van der Waals surface area contributed by atoms with Crippen LogP contribution >= 0.6 is 0 Å². The van der Waals surface area contributed by atoms with Crippen molar-refractivity contribution in [3.63, 3.8) is 0 Å². The molecule has 2 saturated heterocycles. The van der Waals surface area contributed by atoms with Crippen LogP contribution in [0.4, 0.5) is 10.2 Å². The molecule has 1 aromatic carbocycles. The van der Waals surface area contributed by atoms with Crippen molar-refractivity contribution in [2.24, 2.45) is 0 Å². The van der Waals surface area contributed by atoms with Crippen LogP contribution in [0.25, 0.3) is 16.7 Å². The van der Waals surface area contributed by atoms with Crippen molar-refractivity contribution in [2.45, 2.75) is 31.5 Å². The fraction of sp³-hybridized carbons (Fsp3) is 0.542. The lowest BCUT2D eigenvalue weighted by Crippen LogP contribution is -2.44. The number of likely N-dealkylation sites (tertiary alicyclic amines) is 1. The lowest BCUT2D eigenvalue weighted by Gasteiger charge is -2.33. The Labute approximate surface area is 198 Å². The van der Waals surface area contributed by atoms with E-state index < -0.39 is 6.17 Å². The minimum Gasteiger partial charge on any atom is -0.467 e. The van der Waals surface area contributed by atoms with Crippen molar-refractivity contribution in [3.05, 3.63) is 35.5 Å². The molecule has 2 fully saturated rings. The molecule has 0 saturated carbocycles. The van der Waals surface area contributed by atoms with Crippen molar-refractivity contribution in [3.8, 4) is 11.8 Å². The molecule has 34 heavy (non-hydrogen) atoms. The summed E-state index contributed by atoms with van der Waals surface area (Å²) in [7, 11) is 3.49. The number of aliphatic hydroxyl groups is 1. The summed E-state index contributed by atoms with van der Waals surface area (Å²) in [6.45, 7) is 4.98. The summed E-state index contributed by atoms with van der Waals surface area (Å²) >= 11 is 0. The average Bonchev–Trinajstić information content (AvgIpc) is 3.26. The second-order valence-corrected chi connectivity index (χ2v) is 9.19. The van der Waals surface area contributed by atoms with E-state index in [4.69, 9.17) is 9.47 Å². The third-order valence-corrected chi connectivity index (χ3v) is 6.84. The second kappa shape index (κ2) is 9.44. The van der Waals surface area contributed by atoms with E-state index >= 15 is 0 Å². The molecule has 0 spiro atoms. The standard InChI is InChI=1S/C24H31FN6O3/c1-15-8-16-11-26-31(21(16)9-19(15)18-4-5-29(2)13-20(18)25)23-10-22(27-24(28-23)33-3)30-6-7-34-17(12-30)14-32/h8-11,17-18,20,32H,4-7,12-14H2,1-3H3/t17-,18?,20?/m1/s1. The summed E-state index contributed by atoms with van der Waals surface area (Å²) in [5.41, 5.74) is 2.97. The van der Waals surface area contributed by atoms with Crippen LogP contribution in [0.1, 0.15) is 23.5 Å². The van der Waals surface area contributed by atoms with Crippen LogP contribution in [-0.2, 0) is 4.74 Å². The zero-order valence-electron chi connectivity index (χ0n) is 19.8. The number of fused-ring (bicyclic) bond motifs is 1. The lowest BCUT2D eigenvalue weighted by molar-refractivity contribution is 0.00333. The molecule has 182 valence electrons. The Morgan fingerprint density at radius 3 is 2.76 bits per heavy atom. The maximum Gasteiger partial charge on any atom is 0.320 e. The number of hydrogen-bond acceptors (Lipinski definition) is 8. The summed E-state index contributed by atoms with van der Waals surface area (Å²) in [5, 5.41) is 15.1. The summed E-state index contributed by atoms with van der Waals surface area (Å²) in [6.07, 6.45) is 1.42. The molecule has 0 amide bonds. The van der Waals surface area contributed by atoms with Gasteiger partial charge in [0.25, 0.3) is 0 Å². The van der Waals surface area contributed by atoms with Gasteiger partial charge < -0.3 is 24.4 Å². The van der Waals surface area contributed by atoms with Gasteiger partial charge in [0.05, 0.1) is 38.1 Å². The van der Waals surface area contributed by atoms with E-state index in [-0.39, 0.29) is 24.6 Å². The molecule has 10 heteroatoms. The van der Waals surface area contributed by atoms with Gasteiger partial charge in [0, 0.05) is 37.0 Å². The minimum absolute atomic E-state index is 0.0516. The van der Waals surface area contributed by atoms with E-state index in [9.17, 15) is 9.50 Å². The molecule has 0 aliphatic carbocycles. The van der Waals surface area contributed by atoms with Crippen LogP contribution in [0.5, 0.6) is 6.01 Å². The third kappa shape index (κ3) is 4.33. The largest absolute Gasteiger partial charge is 0.467 e. The van der Waals surface area contributed by atoms with Gasteiger partial charge in [-0.15, -0.1) is 0 Å². The topological polar surface area (TPSA) is 88.8 Å². The first-order valence-electron chi connectivity index (χ1n) is 11.7. The fourth-order valence-corrected chi connectivity index (χ4v) is 4.99. The molecule has 2 aliphatic heterocycles. The van der Waals surface area contributed by atoms with Gasteiger partial charge in [-0.05, 0) is 50.2 Å². The molecule has 3 atom stereocenters. The van der Waals surface area contributed by atoms with Crippen LogP contribution in [0.15, 0.2) is 24.4 Å². The van der Waals surface area contributed by atoms with Gasteiger partial charge in [-0.1, -0.05) is 0 Å². The third-order valence-electron chi connectivity index (χ3n) is 6.84. The summed E-state index contributed by atoms with van der Waals surface area (Å²) in [5.74, 6) is 1.11. The molecule has 5 rings (SSSR count). The monoisotopic (exact) mass is 470 g/mol. The Bertz CT molecular complexity index is 1170. The molecular formula is C24H31FN6O3. The SMILES string of the molecule is COc1nc(N2CCO[C@@H](CO)C2)cc(-n2ncc3cc(C)c(C4CCN(C)CC4F)cc32)n1.